The SMILES string of the molecule is CCOc1cc(/C=C(\C#N)c2ccccc2)ccc1OCCOc1cccc(C)c1. The second-order valence-corrected chi connectivity index (χ2v) is 6.69. The van der Waals surface area contributed by atoms with Crippen molar-refractivity contribution in [3.8, 4) is 23.3 Å². The lowest BCUT2D eigenvalue weighted by atomic mass is 10.0. The van der Waals surface area contributed by atoms with Crippen molar-refractivity contribution in [2.75, 3.05) is 19.8 Å². The van der Waals surface area contributed by atoms with Crippen LogP contribution in [0.25, 0.3) is 11.6 Å². The van der Waals surface area contributed by atoms with Gasteiger partial charge in [-0.1, -0.05) is 48.5 Å². The van der Waals surface area contributed by atoms with Crippen LogP contribution in [0.15, 0.2) is 72.8 Å². The van der Waals surface area contributed by atoms with Gasteiger partial charge in [-0.05, 0) is 60.9 Å². The summed E-state index contributed by atoms with van der Waals surface area (Å²) >= 11 is 0. The van der Waals surface area contributed by atoms with Crippen LogP contribution in [0.1, 0.15) is 23.6 Å². The predicted octanol–water partition coefficient (Wildman–Crippen LogP) is 5.92. The molecule has 0 bridgehead atoms. The van der Waals surface area contributed by atoms with Crippen LogP contribution in [-0.2, 0) is 0 Å². The molecule has 0 aliphatic heterocycles. The van der Waals surface area contributed by atoms with E-state index in [-0.39, 0.29) is 0 Å². The van der Waals surface area contributed by atoms with E-state index in [2.05, 4.69) is 6.07 Å². The third-order valence-corrected chi connectivity index (χ3v) is 4.38. The van der Waals surface area contributed by atoms with E-state index in [0.717, 1.165) is 22.4 Å². The number of hydrogen-bond donors (Lipinski definition) is 0. The first-order valence-corrected chi connectivity index (χ1v) is 9.96. The maximum absolute atomic E-state index is 9.53. The van der Waals surface area contributed by atoms with Crippen LogP contribution in [-0.4, -0.2) is 19.8 Å². The molecule has 3 rings (SSSR count). The third kappa shape index (κ3) is 5.89. The van der Waals surface area contributed by atoms with E-state index in [9.17, 15) is 5.26 Å². The van der Waals surface area contributed by atoms with Crippen molar-refractivity contribution in [1.29, 1.82) is 5.26 Å². The molecule has 3 aromatic carbocycles. The quantitative estimate of drug-likeness (QED) is 0.255. The fraction of sp³-hybridized carbons (Fsp3) is 0.192. The molecule has 0 radical (unpaired) electrons. The van der Waals surface area contributed by atoms with Crippen LogP contribution in [0.4, 0.5) is 0 Å². The molecular weight excluding hydrogens is 374 g/mol. The van der Waals surface area contributed by atoms with Crippen molar-refractivity contribution in [2.45, 2.75) is 13.8 Å². The third-order valence-electron chi connectivity index (χ3n) is 4.38. The minimum Gasteiger partial charge on any atom is -0.490 e. The summed E-state index contributed by atoms with van der Waals surface area (Å²) in [4.78, 5) is 0. The van der Waals surface area contributed by atoms with Crippen molar-refractivity contribution in [1.82, 2.24) is 0 Å². The molecule has 0 aromatic heterocycles. The van der Waals surface area contributed by atoms with Crippen LogP contribution >= 0.6 is 0 Å². The van der Waals surface area contributed by atoms with Gasteiger partial charge in [0, 0.05) is 0 Å². The summed E-state index contributed by atoms with van der Waals surface area (Å²) in [7, 11) is 0. The fourth-order valence-corrected chi connectivity index (χ4v) is 2.98. The highest BCUT2D eigenvalue weighted by Crippen LogP contribution is 2.30. The predicted molar refractivity (Wildman–Crippen MR) is 120 cm³/mol. The van der Waals surface area contributed by atoms with Crippen LogP contribution in [0.2, 0.25) is 0 Å². The zero-order valence-electron chi connectivity index (χ0n) is 17.3. The molecule has 0 fully saturated rings. The highest BCUT2D eigenvalue weighted by Gasteiger charge is 2.08. The zero-order chi connectivity index (χ0) is 21.2. The molecule has 4 nitrogen and oxygen atoms in total. The van der Waals surface area contributed by atoms with Gasteiger partial charge in [0.05, 0.1) is 18.2 Å². The van der Waals surface area contributed by atoms with Crippen molar-refractivity contribution >= 4 is 11.6 Å². The Labute approximate surface area is 178 Å². The number of allylic oxidation sites excluding steroid dienone is 1. The van der Waals surface area contributed by atoms with E-state index in [1.165, 1.54) is 0 Å². The van der Waals surface area contributed by atoms with E-state index in [1.54, 1.807) is 0 Å². The first-order chi connectivity index (χ1) is 14.7. The molecule has 3 aromatic rings. The van der Waals surface area contributed by atoms with Gasteiger partial charge in [0.25, 0.3) is 0 Å². The van der Waals surface area contributed by atoms with E-state index < -0.39 is 0 Å². The summed E-state index contributed by atoms with van der Waals surface area (Å²) < 4.78 is 17.4. The van der Waals surface area contributed by atoms with Gasteiger partial charge in [0.1, 0.15) is 19.0 Å². The van der Waals surface area contributed by atoms with Gasteiger partial charge in [-0.3, -0.25) is 0 Å². The molecule has 0 amide bonds. The van der Waals surface area contributed by atoms with Gasteiger partial charge in [0.2, 0.25) is 0 Å². The smallest absolute Gasteiger partial charge is 0.161 e. The monoisotopic (exact) mass is 399 g/mol. The molecule has 0 atom stereocenters. The van der Waals surface area contributed by atoms with E-state index in [4.69, 9.17) is 14.2 Å². The van der Waals surface area contributed by atoms with Crippen LogP contribution in [0.3, 0.4) is 0 Å². The summed E-state index contributed by atoms with van der Waals surface area (Å²) in [6, 6.07) is 25.5. The Morgan fingerprint density at radius 1 is 0.867 bits per heavy atom. The van der Waals surface area contributed by atoms with Gasteiger partial charge in [-0.2, -0.15) is 5.26 Å². The number of nitriles is 1. The maximum Gasteiger partial charge on any atom is 0.161 e. The van der Waals surface area contributed by atoms with Gasteiger partial charge in [0.15, 0.2) is 11.5 Å². The summed E-state index contributed by atoms with van der Waals surface area (Å²) in [5.41, 5.74) is 3.51. The highest BCUT2D eigenvalue weighted by atomic mass is 16.5. The van der Waals surface area contributed by atoms with E-state index in [1.807, 2.05) is 92.7 Å². The summed E-state index contributed by atoms with van der Waals surface area (Å²) in [6.45, 7) is 5.31. The zero-order valence-corrected chi connectivity index (χ0v) is 17.3. The highest BCUT2D eigenvalue weighted by molar-refractivity contribution is 5.89. The van der Waals surface area contributed by atoms with Crippen molar-refractivity contribution < 1.29 is 14.2 Å². The second kappa shape index (κ2) is 10.7. The van der Waals surface area contributed by atoms with E-state index in [0.29, 0.717) is 36.9 Å². The summed E-state index contributed by atoms with van der Waals surface area (Å²) in [5.74, 6) is 2.13. The first kappa shape index (κ1) is 21.0. The molecule has 4 heteroatoms. The van der Waals surface area contributed by atoms with Gasteiger partial charge in [-0.15, -0.1) is 0 Å². The summed E-state index contributed by atoms with van der Waals surface area (Å²) in [5, 5.41) is 9.53. The number of aryl methyl sites for hydroxylation is 1. The molecule has 0 saturated carbocycles. The maximum atomic E-state index is 9.53. The Morgan fingerprint density at radius 2 is 1.67 bits per heavy atom. The number of rotatable bonds is 9. The molecule has 30 heavy (non-hydrogen) atoms. The molecule has 152 valence electrons. The molecule has 0 unspecified atom stereocenters. The minimum absolute atomic E-state index is 0.399. The number of nitrogens with zero attached hydrogens (tertiary/aromatic N) is 1. The van der Waals surface area contributed by atoms with Crippen molar-refractivity contribution in [3.05, 3.63) is 89.5 Å². The molecule has 0 aliphatic carbocycles. The lowest BCUT2D eigenvalue weighted by Gasteiger charge is -2.13. The average Bonchev–Trinajstić information content (AvgIpc) is 2.77. The Hall–Kier alpha value is -3.71. The van der Waals surface area contributed by atoms with Crippen LogP contribution in [0, 0.1) is 18.3 Å². The normalized spacial score (nSPS) is 10.9. The van der Waals surface area contributed by atoms with Gasteiger partial charge >= 0.3 is 0 Å². The second-order valence-electron chi connectivity index (χ2n) is 6.69. The minimum atomic E-state index is 0.399. The molecule has 0 heterocycles. The molecule has 0 spiro atoms. The Kier molecular flexibility index (Phi) is 7.51. The lowest BCUT2D eigenvalue weighted by Crippen LogP contribution is -2.10. The largest absolute Gasteiger partial charge is 0.490 e. The number of hydrogen-bond acceptors (Lipinski definition) is 4. The first-order valence-electron chi connectivity index (χ1n) is 9.96. The van der Waals surface area contributed by atoms with E-state index >= 15 is 0 Å². The summed E-state index contributed by atoms with van der Waals surface area (Å²) in [6.07, 6.45) is 1.85. The molecule has 0 aliphatic rings. The molecule has 0 saturated heterocycles. The Bertz CT molecular complexity index is 1040. The fourth-order valence-electron chi connectivity index (χ4n) is 2.98. The van der Waals surface area contributed by atoms with Crippen molar-refractivity contribution in [3.63, 3.8) is 0 Å². The van der Waals surface area contributed by atoms with Gasteiger partial charge in [-0.25, -0.2) is 0 Å². The number of ether oxygens (including phenoxy) is 3. The van der Waals surface area contributed by atoms with Crippen LogP contribution < -0.4 is 14.2 Å². The standard InChI is InChI=1S/C26H25NO3/c1-3-28-26-18-21(17-23(19-27)22-9-5-4-6-10-22)12-13-25(26)30-15-14-29-24-11-7-8-20(2)16-24/h4-13,16-18H,3,14-15H2,1-2H3/b23-17+. The average molecular weight is 399 g/mol. The van der Waals surface area contributed by atoms with Crippen molar-refractivity contribution in [2.24, 2.45) is 0 Å². The molecular formula is C26H25NO3. The van der Waals surface area contributed by atoms with Gasteiger partial charge < -0.3 is 14.2 Å². The Balaban J connectivity index is 1.68. The topological polar surface area (TPSA) is 51.5 Å². The molecule has 0 N–H and O–H groups in total. The number of benzene rings is 3. The van der Waals surface area contributed by atoms with Crippen LogP contribution in [0.5, 0.6) is 17.2 Å². The lowest BCUT2D eigenvalue weighted by molar-refractivity contribution is 0.208. The Morgan fingerprint density at radius 3 is 2.40 bits per heavy atom.